The topological polar surface area (TPSA) is 42.0 Å². The Morgan fingerprint density at radius 2 is 2.05 bits per heavy atom. The third-order valence-electron chi connectivity index (χ3n) is 3.10. The highest BCUT2D eigenvalue weighted by Gasteiger charge is 2.03. The number of unbranched alkanes of at least 4 members (excludes halogenated alkanes) is 1. The van der Waals surface area contributed by atoms with E-state index in [9.17, 15) is 4.79 Å². The Morgan fingerprint density at radius 3 is 2.75 bits per heavy atom. The predicted octanol–water partition coefficient (Wildman–Crippen LogP) is 3.48. The summed E-state index contributed by atoms with van der Waals surface area (Å²) in [6.07, 6.45) is 3.61. The lowest BCUT2D eigenvalue weighted by atomic mass is 10.1. The molecule has 1 aromatic heterocycles. The highest BCUT2D eigenvalue weighted by molar-refractivity contribution is 7.09. The fourth-order valence-corrected chi connectivity index (χ4v) is 2.64. The van der Waals surface area contributed by atoms with Crippen LogP contribution in [0.3, 0.4) is 0 Å². The van der Waals surface area contributed by atoms with Gasteiger partial charge in [0.1, 0.15) is 0 Å². The maximum atomic E-state index is 11.7. The van der Waals surface area contributed by atoms with Crippen LogP contribution in [0.15, 0.2) is 35.7 Å². The molecular formula is C16H20N2OS. The molecule has 2 rings (SSSR count). The second-order valence-electron chi connectivity index (χ2n) is 4.83. The van der Waals surface area contributed by atoms with Gasteiger partial charge in [0.15, 0.2) is 0 Å². The Hall–Kier alpha value is -1.68. The standard InChI is InChI=1S/C16H20N2OS/c1-13-18-15(12-20-13)11-17-16(19)10-6-5-9-14-7-3-2-4-8-14/h2-4,7-8,12H,5-6,9-11H2,1H3,(H,17,19). The van der Waals surface area contributed by atoms with Gasteiger partial charge in [-0.1, -0.05) is 30.3 Å². The Morgan fingerprint density at radius 1 is 1.25 bits per heavy atom. The number of benzene rings is 1. The number of thiazole rings is 1. The van der Waals surface area contributed by atoms with E-state index >= 15 is 0 Å². The van der Waals surface area contributed by atoms with E-state index in [0.717, 1.165) is 30.0 Å². The molecule has 0 unspecified atom stereocenters. The lowest BCUT2D eigenvalue weighted by Crippen LogP contribution is -2.22. The third kappa shape index (κ3) is 5.13. The molecule has 106 valence electrons. The molecule has 0 bridgehead atoms. The molecule has 0 saturated carbocycles. The average Bonchev–Trinajstić information content (AvgIpc) is 2.88. The van der Waals surface area contributed by atoms with Crippen molar-refractivity contribution in [1.82, 2.24) is 10.3 Å². The molecule has 0 aliphatic carbocycles. The van der Waals surface area contributed by atoms with Crippen molar-refractivity contribution < 1.29 is 4.79 Å². The van der Waals surface area contributed by atoms with E-state index in [1.165, 1.54) is 5.56 Å². The van der Waals surface area contributed by atoms with Gasteiger partial charge in [-0.15, -0.1) is 11.3 Å². The summed E-state index contributed by atoms with van der Waals surface area (Å²) in [7, 11) is 0. The summed E-state index contributed by atoms with van der Waals surface area (Å²) in [6, 6.07) is 10.4. The second kappa shape index (κ2) is 7.80. The predicted molar refractivity (Wildman–Crippen MR) is 82.7 cm³/mol. The van der Waals surface area contributed by atoms with Gasteiger partial charge in [-0.2, -0.15) is 0 Å². The molecule has 2 aromatic rings. The zero-order chi connectivity index (χ0) is 14.2. The van der Waals surface area contributed by atoms with Gasteiger partial charge >= 0.3 is 0 Å². The average molecular weight is 288 g/mol. The monoisotopic (exact) mass is 288 g/mol. The molecule has 1 amide bonds. The quantitative estimate of drug-likeness (QED) is 0.793. The Balaban J connectivity index is 1.58. The number of nitrogens with one attached hydrogen (secondary N) is 1. The number of rotatable bonds is 7. The van der Waals surface area contributed by atoms with Gasteiger partial charge in [-0.05, 0) is 31.7 Å². The summed E-state index contributed by atoms with van der Waals surface area (Å²) in [5.41, 5.74) is 2.29. The van der Waals surface area contributed by atoms with Crippen LogP contribution in [0.25, 0.3) is 0 Å². The maximum Gasteiger partial charge on any atom is 0.220 e. The van der Waals surface area contributed by atoms with E-state index in [2.05, 4.69) is 34.6 Å². The Kier molecular flexibility index (Phi) is 5.74. The largest absolute Gasteiger partial charge is 0.350 e. The molecule has 1 aromatic carbocycles. The maximum absolute atomic E-state index is 11.7. The molecule has 0 atom stereocenters. The number of aromatic nitrogens is 1. The minimum atomic E-state index is 0.115. The van der Waals surface area contributed by atoms with Gasteiger partial charge in [0.05, 0.1) is 17.2 Å². The highest BCUT2D eigenvalue weighted by atomic mass is 32.1. The van der Waals surface area contributed by atoms with Crippen molar-refractivity contribution in [3.63, 3.8) is 0 Å². The van der Waals surface area contributed by atoms with Crippen LogP contribution in [0.5, 0.6) is 0 Å². The van der Waals surface area contributed by atoms with Crippen molar-refractivity contribution in [3.05, 3.63) is 52.0 Å². The summed E-state index contributed by atoms with van der Waals surface area (Å²) in [4.78, 5) is 16.0. The van der Waals surface area contributed by atoms with Gasteiger partial charge in [0.25, 0.3) is 0 Å². The molecule has 1 N–H and O–H groups in total. The number of carbonyl (C=O) groups excluding carboxylic acids is 1. The van der Waals surface area contributed by atoms with Crippen LogP contribution >= 0.6 is 11.3 Å². The Bertz CT molecular complexity index is 536. The molecule has 1 heterocycles. The van der Waals surface area contributed by atoms with E-state index in [1.807, 2.05) is 18.4 Å². The van der Waals surface area contributed by atoms with E-state index in [4.69, 9.17) is 0 Å². The number of amides is 1. The molecule has 0 saturated heterocycles. The smallest absolute Gasteiger partial charge is 0.220 e. The molecule has 0 aliphatic rings. The van der Waals surface area contributed by atoms with Gasteiger partial charge in [0.2, 0.25) is 5.91 Å². The van der Waals surface area contributed by atoms with Gasteiger partial charge < -0.3 is 5.32 Å². The second-order valence-corrected chi connectivity index (χ2v) is 5.89. The summed E-state index contributed by atoms with van der Waals surface area (Å²) in [5.74, 6) is 0.115. The van der Waals surface area contributed by atoms with Crippen LogP contribution in [0.4, 0.5) is 0 Å². The van der Waals surface area contributed by atoms with E-state index in [0.29, 0.717) is 13.0 Å². The van der Waals surface area contributed by atoms with Crippen molar-refractivity contribution in [2.75, 3.05) is 0 Å². The fraction of sp³-hybridized carbons (Fsp3) is 0.375. The number of aryl methyl sites for hydroxylation is 2. The van der Waals surface area contributed by atoms with Crippen LogP contribution in [0.2, 0.25) is 0 Å². The minimum Gasteiger partial charge on any atom is -0.350 e. The molecule has 20 heavy (non-hydrogen) atoms. The van der Waals surface area contributed by atoms with E-state index in [-0.39, 0.29) is 5.91 Å². The molecule has 0 aliphatic heterocycles. The van der Waals surface area contributed by atoms with Crippen molar-refractivity contribution in [1.29, 1.82) is 0 Å². The fourth-order valence-electron chi connectivity index (χ4n) is 2.03. The zero-order valence-corrected chi connectivity index (χ0v) is 12.6. The molecule has 0 spiro atoms. The summed E-state index contributed by atoms with van der Waals surface area (Å²) in [5, 5.41) is 5.95. The van der Waals surface area contributed by atoms with Gasteiger partial charge in [0, 0.05) is 11.8 Å². The first-order valence-corrected chi connectivity index (χ1v) is 7.83. The van der Waals surface area contributed by atoms with Crippen molar-refractivity contribution in [2.24, 2.45) is 0 Å². The number of carbonyl (C=O) groups is 1. The first kappa shape index (κ1) is 14.7. The summed E-state index contributed by atoms with van der Waals surface area (Å²) in [6.45, 7) is 2.52. The molecule has 0 radical (unpaired) electrons. The van der Waals surface area contributed by atoms with Crippen LogP contribution in [0, 0.1) is 6.92 Å². The van der Waals surface area contributed by atoms with E-state index < -0.39 is 0 Å². The van der Waals surface area contributed by atoms with Crippen molar-refractivity contribution in [2.45, 2.75) is 39.2 Å². The van der Waals surface area contributed by atoms with E-state index in [1.54, 1.807) is 11.3 Å². The van der Waals surface area contributed by atoms with Crippen molar-refractivity contribution in [3.8, 4) is 0 Å². The van der Waals surface area contributed by atoms with Gasteiger partial charge in [-0.25, -0.2) is 4.98 Å². The first-order valence-electron chi connectivity index (χ1n) is 6.95. The first-order chi connectivity index (χ1) is 9.74. The van der Waals surface area contributed by atoms with Crippen LogP contribution in [-0.4, -0.2) is 10.9 Å². The molecular weight excluding hydrogens is 268 g/mol. The zero-order valence-electron chi connectivity index (χ0n) is 11.8. The minimum absolute atomic E-state index is 0.115. The number of nitrogens with zero attached hydrogens (tertiary/aromatic N) is 1. The molecule has 0 fully saturated rings. The highest BCUT2D eigenvalue weighted by Crippen LogP contribution is 2.08. The van der Waals surface area contributed by atoms with Gasteiger partial charge in [-0.3, -0.25) is 4.79 Å². The Labute approximate surface area is 124 Å². The summed E-state index contributed by atoms with van der Waals surface area (Å²) >= 11 is 1.61. The molecule has 3 nitrogen and oxygen atoms in total. The lowest BCUT2D eigenvalue weighted by molar-refractivity contribution is -0.121. The number of hydrogen-bond donors (Lipinski definition) is 1. The van der Waals surface area contributed by atoms with Crippen LogP contribution in [-0.2, 0) is 17.8 Å². The summed E-state index contributed by atoms with van der Waals surface area (Å²) < 4.78 is 0. The lowest BCUT2D eigenvalue weighted by Gasteiger charge is -2.04. The van der Waals surface area contributed by atoms with Crippen LogP contribution in [0.1, 0.15) is 35.5 Å². The normalized spacial score (nSPS) is 10.4. The SMILES string of the molecule is Cc1nc(CNC(=O)CCCCc2ccccc2)cs1. The third-order valence-corrected chi connectivity index (χ3v) is 3.92. The number of hydrogen-bond acceptors (Lipinski definition) is 3. The van der Waals surface area contributed by atoms with Crippen molar-refractivity contribution >= 4 is 17.2 Å². The molecule has 4 heteroatoms. The van der Waals surface area contributed by atoms with Crippen LogP contribution < -0.4 is 5.32 Å².